The lowest BCUT2D eigenvalue weighted by molar-refractivity contribution is -0.0281. The van der Waals surface area contributed by atoms with E-state index in [0.29, 0.717) is 24.1 Å². The first-order chi connectivity index (χ1) is 12.0. The van der Waals surface area contributed by atoms with Crippen LogP contribution in [0, 0.1) is 5.92 Å². The molecule has 1 aliphatic heterocycles. The molecule has 9 heteroatoms. The summed E-state index contributed by atoms with van der Waals surface area (Å²) in [6, 6.07) is 3.65. The summed E-state index contributed by atoms with van der Waals surface area (Å²) in [6.07, 6.45) is 3.74. The van der Waals surface area contributed by atoms with Crippen molar-refractivity contribution < 1.29 is 8.78 Å². The molecule has 2 aromatic rings. The smallest absolute Gasteiger partial charge is 0.265 e. The van der Waals surface area contributed by atoms with E-state index in [1.165, 1.54) is 17.7 Å². The number of halogens is 2. The van der Waals surface area contributed by atoms with E-state index in [0.717, 1.165) is 5.69 Å². The zero-order valence-electron chi connectivity index (χ0n) is 13.8. The molecule has 7 nitrogen and oxygen atoms in total. The number of piperidine rings is 1. The van der Waals surface area contributed by atoms with Crippen LogP contribution in [0.2, 0.25) is 0 Å². The van der Waals surface area contributed by atoms with Gasteiger partial charge < -0.3 is 16.0 Å². The van der Waals surface area contributed by atoms with Gasteiger partial charge in [-0.25, -0.2) is 13.8 Å². The van der Waals surface area contributed by atoms with E-state index in [2.05, 4.69) is 25.5 Å². The van der Waals surface area contributed by atoms with E-state index in [-0.39, 0.29) is 31.4 Å². The van der Waals surface area contributed by atoms with E-state index >= 15 is 0 Å². The van der Waals surface area contributed by atoms with Crippen molar-refractivity contribution in [2.45, 2.75) is 31.1 Å². The Labute approximate surface area is 144 Å². The monoisotopic (exact) mass is 349 g/mol. The second-order valence-electron chi connectivity index (χ2n) is 6.89. The number of alkyl halides is 2. The highest BCUT2D eigenvalue weighted by Gasteiger charge is 2.40. The highest BCUT2D eigenvalue weighted by atomic mass is 19.3. The number of nitrogens with one attached hydrogen (secondary N) is 2. The van der Waals surface area contributed by atoms with E-state index in [4.69, 9.17) is 5.73 Å². The summed E-state index contributed by atoms with van der Waals surface area (Å²) in [5.41, 5.74) is 6.71. The van der Waals surface area contributed by atoms with Gasteiger partial charge in [-0.3, -0.25) is 5.10 Å². The molecule has 4 rings (SSSR count). The van der Waals surface area contributed by atoms with Crippen LogP contribution in [0.15, 0.2) is 18.3 Å². The summed E-state index contributed by atoms with van der Waals surface area (Å²) >= 11 is 0. The van der Waals surface area contributed by atoms with Gasteiger partial charge in [0.25, 0.3) is 5.92 Å². The van der Waals surface area contributed by atoms with Crippen molar-refractivity contribution in [1.29, 1.82) is 0 Å². The molecule has 2 aliphatic rings. The van der Waals surface area contributed by atoms with Crippen molar-refractivity contribution >= 4 is 17.6 Å². The third-order valence-electron chi connectivity index (χ3n) is 4.62. The highest BCUT2D eigenvalue weighted by molar-refractivity contribution is 5.53. The SMILES string of the molecule is NCC1CN(c2nccc(Nc3cc(C4CC4)[nH]n3)n2)CC(F)(F)C1. The van der Waals surface area contributed by atoms with Crippen LogP contribution in [0.1, 0.15) is 30.9 Å². The van der Waals surface area contributed by atoms with E-state index in [1.54, 1.807) is 12.3 Å². The third kappa shape index (κ3) is 3.71. The average Bonchev–Trinajstić information content (AvgIpc) is 3.34. The predicted molar refractivity (Wildman–Crippen MR) is 90.2 cm³/mol. The van der Waals surface area contributed by atoms with Crippen LogP contribution < -0.4 is 16.0 Å². The number of nitrogens with two attached hydrogens (primary N) is 1. The first-order valence-electron chi connectivity index (χ1n) is 8.50. The Bertz CT molecular complexity index is 744. The number of hydrogen-bond acceptors (Lipinski definition) is 6. The van der Waals surface area contributed by atoms with Crippen molar-refractivity contribution in [3.8, 4) is 0 Å². The Hall–Kier alpha value is -2.29. The normalized spacial score (nSPS) is 22.8. The van der Waals surface area contributed by atoms with E-state index < -0.39 is 5.92 Å². The number of aromatic nitrogens is 4. The number of anilines is 3. The van der Waals surface area contributed by atoms with Gasteiger partial charge in [0.15, 0.2) is 5.82 Å². The molecule has 25 heavy (non-hydrogen) atoms. The summed E-state index contributed by atoms with van der Waals surface area (Å²) in [6.45, 7) is 0.270. The van der Waals surface area contributed by atoms with Gasteiger partial charge in [0.1, 0.15) is 5.82 Å². The quantitative estimate of drug-likeness (QED) is 0.766. The minimum atomic E-state index is -2.78. The van der Waals surface area contributed by atoms with Crippen LogP contribution in [0.5, 0.6) is 0 Å². The largest absolute Gasteiger partial charge is 0.334 e. The first-order valence-corrected chi connectivity index (χ1v) is 8.50. The van der Waals surface area contributed by atoms with Crippen LogP contribution in [0.25, 0.3) is 0 Å². The molecule has 0 radical (unpaired) electrons. The standard InChI is InChI=1S/C16H21F2N7/c17-16(18)6-10(7-19)8-25(9-16)15-20-4-3-13(22-15)21-14-5-12(23-24-14)11-1-2-11/h3-5,10-11H,1-2,6-9,19H2,(H2,20,21,22,23,24). The van der Waals surface area contributed by atoms with Crippen LogP contribution in [0.4, 0.5) is 26.4 Å². The summed E-state index contributed by atoms with van der Waals surface area (Å²) < 4.78 is 27.9. The van der Waals surface area contributed by atoms with Crippen molar-refractivity contribution in [3.63, 3.8) is 0 Å². The molecular weight excluding hydrogens is 328 g/mol. The van der Waals surface area contributed by atoms with Gasteiger partial charge in [0, 0.05) is 36.8 Å². The number of aromatic amines is 1. The van der Waals surface area contributed by atoms with Gasteiger partial charge in [-0.1, -0.05) is 0 Å². The van der Waals surface area contributed by atoms with Crippen molar-refractivity contribution in [3.05, 3.63) is 24.0 Å². The Kier molecular flexibility index (Phi) is 4.03. The lowest BCUT2D eigenvalue weighted by Crippen LogP contribution is -2.49. The molecule has 0 bridgehead atoms. The molecule has 1 atom stereocenters. The van der Waals surface area contributed by atoms with E-state index in [9.17, 15) is 8.78 Å². The van der Waals surface area contributed by atoms with Crippen LogP contribution >= 0.6 is 0 Å². The van der Waals surface area contributed by atoms with Crippen LogP contribution in [-0.2, 0) is 0 Å². The van der Waals surface area contributed by atoms with Gasteiger partial charge in [0.05, 0.1) is 6.54 Å². The molecule has 1 saturated heterocycles. The molecule has 0 amide bonds. The maximum Gasteiger partial charge on any atom is 0.265 e. The van der Waals surface area contributed by atoms with Crippen LogP contribution in [0.3, 0.4) is 0 Å². The average molecular weight is 349 g/mol. The fourth-order valence-corrected chi connectivity index (χ4v) is 3.22. The predicted octanol–water partition coefficient (Wildman–Crippen LogP) is 2.24. The maximum atomic E-state index is 13.9. The van der Waals surface area contributed by atoms with Gasteiger partial charge in [-0.15, -0.1) is 0 Å². The van der Waals surface area contributed by atoms with Gasteiger partial charge in [0.2, 0.25) is 5.95 Å². The van der Waals surface area contributed by atoms with Crippen molar-refractivity contribution in [2.24, 2.45) is 11.7 Å². The maximum absolute atomic E-state index is 13.9. The fraction of sp³-hybridized carbons (Fsp3) is 0.562. The lowest BCUT2D eigenvalue weighted by Gasteiger charge is -2.37. The summed E-state index contributed by atoms with van der Waals surface area (Å²) in [4.78, 5) is 10.0. The summed E-state index contributed by atoms with van der Waals surface area (Å²) in [7, 11) is 0. The summed E-state index contributed by atoms with van der Waals surface area (Å²) in [5.74, 6) is -1.01. The number of nitrogens with zero attached hydrogens (tertiary/aromatic N) is 4. The zero-order valence-corrected chi connectivity index (χ0v) is 13.8. The minimum absolute atomic E-state index is 0.185. The molecule has 134 valence electrons. The molecule has 2 aromatic heterocycles. The molecule has 1 saturated carbocycles. The molecule has 3 heterocycles. The topological polar surface area (TPSA) is 95.8 Å². The molecule has 1 aliphatic carbocycles. The summed E-state index contributed by atoms with van der Waals surface area (Å²) in [5, 5.41) is 10.3. The number of rotatable bonds is 5. The van der Waals surface area contributed by atoms with Crippen molar-refractivity contribution in [1.82, 2.24) is 20.2 Å². The van der Waals surface area contributed by atoms with Crippen molar-refractivity contribution in [2.75, 3.05) is 29.9 Å². The van der Waals surface area contributed by atoms with Gasteiger partial charge >= 0.3 is 0 Å². The lowest BCUT2D eigenvalue weighted by atomic mass is 9.95. The highest BCUT2D eigenvalue weighted by Crippen LogP contribution is 2.39. The molecule has 0 aromatic carbocycles. The van der Waals surface area contributed by atoms with Gasteiger partial charge in [-0.2, -0.15) is 10.1 Å². The Morgan fingerprint density at radius 2 is 2.20 bits per heavy atom. The van der Waals surface area contributed by atoms with Crippen LogP contribution in [-0.4, -0.2) is 45.7 Å². The first kappa shape index (κ1) is 16.2. The molecule has 2 fully saturated rings. The Morgan fingerprint density at radius 1 is 1.36 bits per heavy atom. The zero-order chi connectivity index (χ0) is 17.4. The molecule has 4 N–H and O–H groups in total. The molecule has 0 spiro atoms. The Balaban J connectivity index is 1.50. The molecular formula is C16H21F2N7. The molecule has 1 unspecified atom stereocenters. The second-order valence-corrected chi connectivity index (χ2v) is 6.89. The third-order valence-corrected chi connectivity index (χ3v) is 4.62. The minimum Gasteiger partial charge on any atom is -0.334 e. The fourth-order valence-electron chi connectivity index (χ4n) is 3.22. The Morgan fingerprint density at radius 3 is 2.96 bits per heavy atom. The number of hydrogen-bond donors (Lipinski definition) is 3. The van der Waals surface area contributed by atoms with E-state index in [1.807, 2.05) is 6.07 Å². The number of H-pyrrole nitrogens is 1. The second kappa shape index (κ2) is 6.21. The van der Waals surface area contributed by atoms with Gasteiger partial charge in [-0.05, 0) is 31.4 Å².